The van der Waals surface area contributed by atoms with Crippen LogP contribution in [-0.2, 0) is 15.0 Å². The zero-order chi connectivity index (χ0) is 17.7. The van der Waals surface area contributed by atoms with Gasteiger partial charge < -0.3 is 0 Å². The first-order valence-corrected chi connectivity index (χ1v) is 10.2. The third kappa shape index (κ3) is 4.44. The van der Waals surface area contributed by atoms with Crippen molar-refractivity contribution in [3.63, 3.8) is 0 Å². The number of nitrogens with zero attached hydrogens (tertiary/aromatic N) is 4. The molecule has 0 saturated heterocycles. The van der Waals surface area contributed by atoms with E-state index in [0.29, 0.717) is 15.2 Å². The van der Waals surface area contributed by atoms with E-state index in [0.717, 1.165) is 8.61 Å². The Balaban J connectivity index is 2.20. The lowest BCUT2D eigenvalue weighted by molar-refractivity contribution is -0.114. The van der Waals surface area contributed by atoms with Crippen LogP contribution in [0.2, 0.25) is 0 Å². The number of thioether (sulfide) groups is 1. The van der Waals surface area contributed by atoms with Gasteiger partial charge in [-0.3, -0.25) is 10.1 Å². The van der Waals surface area contributed by atoms with Crippen LogP contribution in [0.15, 0.2) is 34.7 Å². The smallest absolute Gasteiger partial charge is 0.299 e. The summed E-state index contributed by atoms with van der Waals surface area (Å²) in [5.41, 5.74) is 0.406. The van der Waals surface area contributed by atoms with Gasteiger partial charge >= 0.3 is 10.2 Å². The van der Waals surface area contributed by atoms with Crippen molar-refractivity contribution in [2.75, 3.05) is 36.5 Å². The lowest BCUT2D eigenvalue weighted by Crippen LogP contribution is -2.44. The predicted octanol–water partition coefficient (Wildman–Crippen LogP) is 1.51. The molecule has 1 N–H and O–H groups in total. The van der Waals surface area contributed by atoms with Gasteiger partial charge in [-0.1, -0.05) is 41.3 Å². The van der Waals surface area contributed by atoms with Gasteiger partial charge in [0.25, 0.3) is 0 Å². The molecule has 1 aromatic heterocycles. The Morgan fingerprint density at radius 2 is 1.92 bits per heavy atom. The van der Waals surface area contributed by atoms with E-state index >= 15 is 0 Å². The van der Waals surface area contributed by atoms with E-state index in [4.69, 9.17) is 0 Å². The van der Waals surface area contributed by atoms with Crippen molar-refractivity contribution in [1.29, 1.82) is 0 Å². The van der Waals surface area contributed by atoms with Crippen molar-refractivity contribution in [1.82, 2.24) is 14.5 Å². The highest BCUT2D eigenvalue weighted by atomic mass is 32.2. The summed E-state index contributed by atoms with van der Waals surface area (Å²) in [7, 11) is -0.979. The van der Waals surface area contributed by atoms with E-state index in [9.17, 15) is 13.2 Å². The molecule has 0 unspecified atom stereocenters. The summed E-state index contributed by atoms with van der Waals surface area (Å²) in [6.07, 6.45) is 1.85. The monoisotopic (exact) mass is 387 g/mol. The molecule has 0 aliphatic heterocycles. The van der Waals surface area contributed by atoms with Crippen LogP contribution in [0.3, 0.4) is 0 Å². The molecule has 0 radical (unpaired) electrons. The molecule has 11 heteroatoms. The van der Waals surface area contributed by atoms with Gasteiger partial charge in [0.05, 0.1) is 5.69 Å². The molecule has 0 spiro atoms. The number of benzene rings is 1. The SMILES string of the molecule is CSc1nnc(NC(=O)CN(c2ccccc2)S(=O)(=O)N(C)C)s1. The fourth-order valence-electron chi connectivity index (χ4n) is 1.73. The molecule has 1 aromatic carbocycles. The van der Waals surface area contributed by atoms with E-state index in [2.05, 4.69) is 15.5 Å². The predicted molar refractivity (Wildman–Crippen MR) is 96.7 cm³/mol. The number of rotatable bonds is 7. The number of anilines is 2. The molecule has 2 aromatic rings. The number of carbonyl (C=O) groups is 1. The van der Waals surface area contributed by atoms with E-state index in [1.165, 1.54) is 37.2 Å². The summed E-state index contributed by atoms with van der Waals surface area (Å²) in [5, 5.41) is 10.6. The Morgan fingerprint density at radius 1 is 1.25 bits per heavy atom. The van der Waals surface area contributed by atoms with Gasteiger partial charge in [-0.05, 0) is 18.4 Å². The van der Waals surface area contributed by atoms with E-state index in [1.54, 1.807) is 30.3 Å². The number of carbonyl (C=O) groups excluding carboxylic acids is 1. The number of para-hydroxylation sites is 1. The number of amides is 1. The molecular weight excluding hydrogens is 370 g/mol. The Kier molecular flexibility index (Phi) is 6.15. The van der Waals surface area contributed by atoms with Crippen LogP contribution in [0.1, 0.15) is 0 Å². The van der Waals surface area contributed by atoms with Gasteiger partial charge in [-0.25, -0.2) is 4.31 Å². The minimum Gasteiger partial charge on any atom is -0.299 e. The van der Waals surface area contributed by atoms with E-state index in [-0.39, 0.29) is 6.54 Å². The third-order valence-corrected chi connectivity index (χ3v) is 6.53. The molecule has 0 fully saturated rings. The van der Waals surface area contributed by atoms with Gasteiger partial charge in [0.1, 0.15) is 6.54 Å². The van der Waals surface area contributed by atoms with Crippen LogP contribution in [-0.4, -0.2) is 55.7 Å². The molecule has 24 heavy (non-hydrogen) atoms. The second kappa shape index (κ2) is 7.92. The fraction of sp³-hybridized carbons (Fsp3) is 0.308. The van der Waals surface area contributed by atoms with Crippen LogP contribution in [0.4, 0.5) is 10.8 Å². The second-order valence-electron chi connectivity index (χ2n) is 4.76. The topological polar surface area (TPSA) is 95.5 Å². The van der Waals surface area contributed by atoms with Crippen LogP contribution in [0, 0.1) is 0 Å². The molecule has 0 bridgehead atoms. The van der Waals surface area contributed by atoms with Gasteiger partial charge in [0.2, 0.25) is 11.0 Å². The average Bonchev–Trinajstić information content (AvgIpc) is 3.00. The summed E-state index contributed by atoms with van der Waals surface area (Å²) in [6.45, 7) is -0.362. The molecule has 0 saturated carbocycles. The first kappa shape index (κ1) is 18.6. The third-order valence-electron chi connectivity index (χ3n) is 2.90. The maximum atomic E-state index is 12.5. The molecule has 1 heterocycles. The zero-order valence-corrected chi connectivity index (χ0v) is 15.8. The summed E-state index contributed by atoms with van der Waals surface area (Å²) in [5.74, 6) is -0.493. The number of nitrogens with one attached hydrogen (secondary N) is 1. The van der Waals surface area contributed by atoms with Crippen molar-refractivity contribution in [3.05, 3.63) is 30.3 Å². The number of hydrogen-bond acceptors (Lipinski definition) is 7. The quantitative estimate of drug-likeness (QED) is 0.572. The van der Waals surface area contributed by atoms with Crippen molar-refractivity contribution in [3.8, 4) is 0 Å². The normalized spacial score (nSPS) is 11.5. The Morgan fingerprint density at radius 3 is 2.46 bits per heavy atom. The van der Waals surface area contributed by atoms with Crippen molar-refractivity contribution < 1.29 is 13.2 Å². The molecule has 0 atom stereocenters. The number of aromatic nitrogens is 2. The van der Waals surface area contributed by atoms with Crippen LogP contribution < -0.4 is 9.62 Å². The lowest BCUT2D eigenvalue weighted by Gasteiger charge is -2.26. The zero-order valence-electron chi connectivity index (χ0n) is 13.3. The maximum Gasteiger partial charge on any atom is 0.304 e. The molecular formula is C13H17N5O3S3. The first-order chi connectivity index (χ1) is 11.3. The molecule has 0 aliphatic carbocycles. The van der Waals surface area contributed by atoms with E-state index in [1.807, 2.05) is 6.26 Å². The lowest BCUT2D eigenvalue weighted by atomic mass is 10.3. The minimum atomic E-state index is -3.81. The van der Waals surface area contributed by atoms with Gasteiger partial charge in [-0.15, -0.1) is 10.2 Å². The summed E-state index contributed by atoms with van der Waals surface area (Å²) in [4.78, 5) is 12.3. The second-order valence-corrected chi connectivity index (χ2v) is 8.86. The van der Waals surface area contributed by atoms with Crippen LogP contribution in [0.5, 0.6) is 0 Å². The minimum absolute atomic E-state index is 0.333. The summed E-state index contributed by atoms with van der Waals surface area (Å²) >= 11 is 2.64. The van der Waals surface area contributed by atoms with Gasteiger partial charge in [0, 0.05) is 14.1 Å². The largest absolute Gasteiger partial charge is 0.304 e. The molecule has 0 aliphatic rings. The Bertz CT molecular complexity index is 792. The van der Waals surface area contributed by atoms with Crippen molar-refractivity contribution in [2.24, 2.45) is 0 Å². The fourth-order valence-corrected chi connectivity index (χ4v) is 3.98. The molecule has 8 nitrogen and oxygen atoms in total. The highest BCUT2D eigenvalue weighted by Gasteiger charge is 2.27. The molecule has 130 valence electrons. The van der Waals surface area contributed by atoms with Crippen LogP contribution >= 0.6 is 23.1 Å². The summed E-state index contributed by atoms with van der Waals surface area (Å²) in [6, 6.07) is 8.45. The standard InChI is InChI=1S/C13H17N5O3S3/c1-17(2)24(20,21)18(10-7-5-4-6-8-10)9-11(19)14-12-15-16-13(22-3)23-12/h4-8H,9H2,1-3H3,(H,14,15,19). The Hall–Kier alpha value is -1.69. The average molecular weight is 388 g/mol. The highest BCUT2D eigenvalue weighted by Crippen LogP contribution is 2.23. The van der Waals surface area contributed by atoms with Crippen LogP contribution in [0.25, 0.3) is 0 Å². The first-order valence-electron chi connectivity index (χ1n) is 6.77. The van der Waals surface area contributed by atoms with E-state index < -0.39 is 16.1 Å². The summed E-state index contributed by atoms with van der Waals surface area (Å²) < 4.78 is 27.8. The van der Waals surface area contributed by atoms with Gasteiger partial charge in [0.15, 0.2) is 4.34 Å². The molecule has 2 rings (SSSR count). The van der Waals surface area contributed by atoms with Crippen molar-refractivity contribution in [2.45, 2.75) is 4.34 Å². The van der Waals surface area contributed by atoms with Gasteiger partial charge in [-0.2, -0.15) is 12.7 Å². The molecule has 1 amide bonds. The van der Waals surface area contributed by atoms with Crippen molar-refractivity contribution >= 4 is 50.0 Å². The Labute approximate surface area is 149 Å². The maximum absolute atomic E-state index is 12.5. The highest BCUT2D eigenvalue weighted by molar-refractivity contribution is 8.00. The number of hydrogen-bond donors (Lipinski definition) is 1.